The lowest BCUT2D eigenvalue weighted by Crippen LogP contribution is -2.52. The normalized spacial score (nSPS) is 23.0. The van der Waals surface area contributed by atoms with Gasteiger partial charge in [0.05, 0.1) is 23.4 Å². The number of aromatic nitrogens is 4. The Hall–Kier alpha value is -2.99. The van der Waals surface area contributed by atoms with Gasteiger partial charge in [-0.1, -0.05) is 30.4 Å². The van der Waals surface area contributed by atoms with Crippen LogP contribution < -0.4 is 0 Å². The first-order valence-electron chi connectivity index (χ1n) is 10.3. The minimum atomic E-state index is -0.443. The largest absolute Gasteiger partial charge is 0.301 e. The number of hydrogen-bond acceptors (Lipinski definition) is 4. The number of aromatic amines is 1. The summed E-state index contributed by atoms with van der Waals surface area (Å²) in [5, 5.41) is 12.7. The van der Waals surface area contributed by atoms with Gasteiger partial charge in [-0.15, -0.1) is 0 Å². The number of carbonyl (C=O) groups excluding carboxylic acids is 1. The maximum absolute atomic E-state index is 11.8. The van der Waals surface area contributed by atoms with Crippen molar-refractivity contribution in [2.75, 3.05) is 13.1 Å². The third-order valence-electron chi connectivity index (χ3n) is 6.39. The Morgan fingerprint density at radius 2 is 2.07 bits per heavy atom. The second-order valence-corrected chi connectivity index (χ2v) is 8.12. The fraction of sp³-hybridized carbons (Fsp3) is 0.348. The summed E-state index contributed by atoms with van der Waals surface area (Å²) in [6.45, 7) is 2.82. The van der Waals surface area contributed by atoms with Gasteiger partial charge in [0.15, 0.2) is 0 Å². The maximum atomic E-state index is 11.8. The Morgan fingerprint density at radius 3 is 2.79 bits per heavy atom. The first-order valence-corrected chi connectivity index (χ1v) is 10.3. The van der Waals surface area contributed by atoms with Crippen LogP contribution in [-0.4, -0.2) is 49.8 Å². The smallest absolute Gasteiger partial charge is 0.144 e. The minimum absolute atomic E-state index is 0.443. The lowest BCUT2D eigenvalue weighted by Gasteiger charge is -2.42. The zero-order valence-electron chi connectivity index (χ0n) is 16.4. The van der Waals surface area contributed by atoms with Crippen LogP contribution in [-0.2, 0) is 11.3 Å². The van der Waals surface area contributed by atoms with Crippen LogP contribution in [0.25, 0.3) is 22.0 Å². The molecule has 0 amide bonds. The molecular formula is C23H25N5O. The topological polar surface area (TPSA) is 66.8 Å². The molecule has 0 spiro atoms. The number of fused-ring (bicyclic) bond motifs is 1. The summed E-state index contributed by atoms with van der Waals surface area (Å²) < 4.78 is 2.13. The summed E-state index contributed by atoms with van der Waals surface area (Å²) in [6.07, 6.45) is 17.9. The summed E-state index contributed by atoms with van der Waals surface area (Å²) in [5.74, 6) is 0.578. The van der Waals surface area contributed by atoms with E-state index in [2.05, 4.69) is 55.2 Å². The van der Waals surface area contributed by atoms with Crippen LogP contribution in [0.5, 0.6) is 0 Å². The van der Waals surface area contributed by atoms with Gasteiger partial charge in [-0.3, -0.25) is 14.7 Å². The Kier molecular flexibility index (Phi) is 4.64. The Balaban J connectivity index is 1.27. The molecule has 0 bridgehead atoms. The Bertz CT molecular complexity index is 1060. The molecule has 0 radical (unpaired) electrons. The summed E-state index contributed by atoms with van der Waals surface area (Å²) in [4.78, 5) is 14.2. The van der Waals surface area contributed by atoms with Gasteiger partial charge in [-0.2, -0.15) is 10.2 Å². The van der Waals surface area contributed by atoms with E-state index >= 15 is 0 Å². The first kappa shape index (κ1) is 18.1. The number of aldehydes is 1. The Morgan fingerprint density at radius 1 is 1.17 bits per heavy atom. The lowest BCUT2D eigenvalue weighted by atomic mass is 9.86. The number of carbonyl (C=O) groups is 1. The van der Waals surface area contributed by atoms with Crippen molar-refractivity contribution < 1.29 is 4.79 Å². The van der Waals surface area contributed by atoms with Gasteiger partial charge in [-0.05, 0) is 56.0 Å². The number of nitrogens with one attached hydrogen (secondary N) is 1. The van der Waals surface area contributed by atoms with Crippen LogP contribution in [0.4, 0.5) is 0 Å². The molecule has 1 aliphatic heterocycles. The highest BCUT2D eigenvalue weighted by molar-refractivity contribution is 5.84. The lowest BCUT2D eigenvalue weighted by molar-refractivity contribution is -0.117. The highest BCUT2D eigenvalue weighted by Crippen LogP contribution is 2.30. The monoisotopic (exact) mass is 387 g/mol. The van der Waals surface area contributed by atoms with Crippen LogP contribution in [0.2, 0.25) is 0 Å². The highest BCUT2D eigenvalue weighted by atomic mass is 16.1. The number of piperidine rings is 1. The predicted molar refractivity (Wildman–Crippen MR) is 113 cm³/mol. The number of allylic oxidation sites excluding steroid dienone is 2. The summed E-state index contributed by atoms with van der Waals surface area (Å²) >= 11 is 0. The van der Waals surface area contributed by atoms with E-state index in [0.717, 1.165) is 61.7 Å². The van der Waals surface area contributed by atoms with Gasteiger partial charge in [0, 0.05) is 23.7 Å². The highest BCUT2D eigenvalue weighted by Gasteiger charge is 2.36. The average Bonchev–Trinajstić information content (AvgIpc) is 3.45. The van der Waals surface area contributed by atoms with E-state index in [-0.39, 0.29) is 0 Å². The molecule has 29 heavy (non-hydrogen) atoms. The molecule has 1 saturated heterocycles. The van der Waals surface area contributed by atoms with E-state index < -0.39 is 5.54 Å². The van der Waals surface area contributed by atoms with E-state index in [9.17, 15) is 4.79 Å². The van der Waals surface area contributed by atoms with Crippen molar-refractivity contribution in [3.05, 3.63) is 61.1 Å². The van der Waals surface area contributed by atoms with Crippen LogP contribution in [0, 0.1) is 5.92 Å². The van der Waals surface area contributed by atoms with E-state index in [1.165, 1.54) is 5.52 Å². The molecular weight excluding hydrogens is 362 g/mol. The molecule has 1 unspecified atom stereocenters. The van der Waals surface area contributed by atoms with Gasteiger partial charge in [-0.25, -0.2) is 0 Å². The SMILES string of the molecule is O=CC1(N2CCC(Cn3ncc4cc(-c5cn[nH]c5)ccc43)CC2)C=CC=CC1. The van der Waals surface area contributed by atoms with Gasteiger partial charge in [0.2, 0.25) is 0 Å². The zero-order valence-corrected chi connectivity index (χ0v) is 16.4. The van der Waals surface area contributed by atoms with Gasteiger partial charge >= 0.3 is 0 Å². The van der Waals surface area contributed by atoms with Crippen molar-refractivity contribution in [1.82, 2.24) is 24.9 Å². The second kappa shape index (κ2) is 7.44. The minimum Gasteiger partial charge on any atom is -0.301 e. The van der Waals surface area contributed by atoms with Crippen LogP contribution in [0.3, 0.4) is 0 Å². The van der Waals surface area contributed by atoms with Crippen molar-refractivity contribution in [3.63, 3.8) is 0 Å². The number of benzene rings is 1. The molecule has 2 aliphatic rings. The molecule has 3 aromatic rings. The molecule has 0 saturated carbocycles. The molecule has 6 heteroatoms. The van der Waals surface area contributed by atoms with Gasteiger partial charge in [0.1, 0.15) is 6.29 Å². The molecule has 6 nitrogen and oxygen atoms in total. The van der Waals surface area contributed by atoms with Crippen LogP contribution in [0.1, 0.15) is 19.3 Å². The van der Waals surface area contributed by atoms with E-state index in [1.807, 2.05) is 30.7 Å². The summed E-state index contributed by atoms with van der Waals surface area (Å²) in [7, 11) is 0. The zero-order chi connectivity index (χ0) is 19.7. The van der Waals surface area contributed by atoms with Crippen LogP contribution >= 0.6 is 0 Å². The van der Waals surface area contributed by atoms with Crippen molar-refractivity contribution in [1.29, 1.82) is 0 Å². The van der Waals surface area contributed by atoms with E-state index in [4.69, 9.17) is 0 Å². The van der Waals surface area contributed by atoms with Crippen molar-refractivity contribution >= 4 is 17.2 Å². The summed E-state index contributed by atoms with van der Waals surface area (Å²) in [5.41, 5.74) is 2.96. The standard InChI is InChI=1S/C23H25N5O/c29-17-23(8-2-1-3-9-23)27-10-6-18(7-11-27)16-28-22-5-4-19(12-20(22)15-26-28)21-13-24-25-14-21/h1-5,8,12-15,17-18H,6-7,9-11,16H2,(H,24,25). The van der Waals surface area contributed by atoms with Crippen molar-refractivity contribution in [3.8, 4) is 11.1 Å². The molecule has 5 rings (SSSR count). The molecule has 1 atom stereocenters. The molecule has 148 valence electrons. The summed E-state index contributed by atoms with van der Waals surface area (Å²) in [6, 6.07) is 6.45. The van der Waals surface area contributed by atoms with Crippen LogP contribution in [0.15, 0.2) is 61.1 Å². The number of H-pyrrole nitrogens is 1. The third kappa shape index (κ3) is 3.34. The molecule has 1 aromatic carbocycles. The van der Waals surface area contributed by atoms with Crippen molar-refractivity contribution in [2.24, 2.45) is 5.92 Å². The fourth-order valence-corrected chi connectivity index (χ4v) is 4.62. The quantitative estimate of drug-likeness (QED) is 0.680. The molecule has 1 N–H and O–H groups in total. The number of hydrogen-bond donors (Lipinski definition) is 1. The van der Waals surface area contributed by atoms with Crippen molar-refractivity contribution in [2.45, 2.75) is 31.3 Å². The molecule has 1 aliphatic carbocycles. The number of likely N-dealkylation sites (tertiary alicyclic amines) is 1. The predicted octanol–water partition coefficient (Wildman–Crippen LogP) is 3.59. The molecule has 2 aromatic heterocycles. The molecule has 1 fully saturated rings. The van der Waals surface area contributed by atoms with Gasteiger partial charge < -0.3 is 4.79 Å². The fourth-order valence-electron chi connectivity index (χ4n) is 4.62. The second-order valence-electron chi connectivity index (χ2n) is 8.12. The number of rotatable bonds is 5. The number of nitrogens with zero attached hydrogens (tertiary/aromatic N) is 4. The van der Waals surface area contributed by atoms with E-state index in [1.54, 1.807) is 0 Å². The molecule has 3 heterocycles. The maximum Gasteiger partial charge on any atom is 0.144 e. The van der Waals surface area contributed by atoms with E-state index in [0.29, 0.717) is 5.92 Å². The first-order chi connectivity index (χ1) is 14.3. The average molecular weight is 387 g/mol. The van der Waals surface area contributed by atoms with Gasteiger partial charge in [0.25, 0.3) is 0 Å². The third-order valence-corrected chi connectivity index (χ3v) is 6.39. The Labute approximate surface area is 169 Å².